The Morgan fingerprint density at radius 3 is 2.70 bits per heavy atom. The van der Waals surface area contributed by atoms with E-state index < -0.39 is 6.04 Å². The molecule has 1 heterocycles. The molecule has 0 unspecified atom stereocenters. The van der Waals surface area contributed by atoms with Crippen molar-refractivity contribution in [3.8, 4) is 0 Å². The van der Waals surface area contributed by atoms with Gasteiger partial charge in [0.1, 0.15) is 0 Å². The van der Waals surface area contributed by atoms with E-state index in [0.717, 1.165) is 13.0 Å². The van der Waals surface area contributed by atoms with Crippen molar-refractivity contribution in [3.05, 3.63) is 18.5 Å². The predicted molar refractivity (Wildman–Crippen MR) is 75.7 cm³/mol. The average molecular weight is 281 g/mol. The van der Waals surface area contributed by atoms with Crippen molar-refractivity contribution < 1.29 is 9.59 Å². The summed E-state index contributed by atoms with van der Waals surface area (Å²) < 4.78 is 1.80. The van der Waals surface area contributed by atoms with Crippen LogP contribution in [0, 0.1) is 5.92 Å². The van der Waals surface area contributed by atoms with Crippen molar-refractivity contribution in [2.45, 2.75) is 32.9 Å². The van der Waals surface area contributed by atoms with Gasteiger partial charge >= 0.3 is 0 Å². The quantitative estimate of drug-likeness (QED) is 0.558. The van der Waals surface area contributed by atoms with Crippen molar-refractivity contribution in [1.82, 2.24) is 20.4 Å². The normalized spacial score (nSPS) is 12.2. The third-order valence-electron chi connectivity index (χ3n) is 2.89. The van der Waals surface area contributed by atoms with Gasteiger partial charge in [-0.2, -0.15) is 5.10 Å². The van der Waals surface area contributed by atoms with Crippen LogP contribution >= 0.6 is 0 Å². The molecule has 0 aliphatic rings. The molecule has 0 aromatic carbocycles. The smallest absolute Gasteiger partial charge is 0.239 e. The Morgan fingerprint density at radius 2 is 2.10 bits per heavy atom. The lowest BCUT2D eigenvalue weighted by atomic mass is 10.1. The molecule has 7 nitrogen and oxygen atoms in total. The summed E-state index contributed by atoms with van der Waals surface area (Å²) in [5, 5.41) is 9.32. The van der Waals surface area contributed by atoms with E-state index in [1.165, 1.54) is 0 Å². The first-order chi connectivity index (χ1) is 9.50. The molecule has 0 saturated carbocycles. The predicted octanol–water partition coefficient (Wildman–Crippen LogP) is -0.511. The van der Waals surface area contributed by atoms with Crippen LogP contribution in [-0.2, 0) is 16.1 Å². The van der Waals surface area contributed by atoms with Gasteiger partial charge in [0.05, 0.1) is 12.6 Å². The van der Waals surface area contributed by atoms with Crippen LogP contribution < -0.4 is 16.4 Å². The van der Waals surface area contributed by atoms with E-state index in [0.29, 0.717) is 6.54 Å². The van der Waals surface area contributed by atoms with Crippen molar-refractivity contribution >= 4 is 11.8 Å². The molecule has 2 amide bonds. The fourth-order valence-corrected chi connectivity index (χ4v) is 1.55. The van der Waals surface area contributed by atoms with Crippen LogP contribution in [0.4, 0.5) is 0 Å². The fraction of sp³-hybridized carbons (Fsp3) is 0.615. The van der Waals surface area contributed by atoms with E-state index >= 15 is 0 Å². The Kier molecular flexibility index (Phi) is 6.72. The molecule has 0 radical (unpaired) electrons. The molecule has 20 heavy (non-hydrogen) atoms. The Labute approximate surface area is 118 Å². The number of rotatable bonds is 8. The lowest BCUT2D eigenvalue weighted by Gasteiger charge is -2.15. The number of aromatic nitrogens is 2. The number of nitrogens with two attached hydrogens (primary N) is 1. The van der Waals surface area contributed by atoms with E-state index in [-0.39, 0.29) is 24.3 Å². The Bertz CT molecular complexity index is 416. The molecule has 1 aromatic heterocycles. The highest BCUT2D eigenvalue weighted by atomic mass is 16.2. The number of hydrogen-bond acceptors (Lipinski definition) is 4. The van der Waals surface area contributed by atoms with E-state index in [1.807, 2.05) is 26.1 Å². The van der Waals surface area contributed by atoms with Gasteiger partial charge in [0.2, 0.25) is 11.8 Å². The second kappa shape index (κ2) is 8.31. The topological polar surface area (TPSA) is 102 Å². The zero-order valence-corrected chi connectivity index (χ0v) is 12.0. The summed E-state index contributed by atoms with van der Waals surface area (Å²) in [4.78, 5) is 23.1. The number of amides is 2. The molecule has 0 saturated heterocycles. The summed E-state index contributed by atoms with van der Waals surface area (Å²) in [6.07, 6.45) is 4.37. The highest BCUT2D eigenvalue weighted by Gasteiger charge is 2.17. The molecule has 1 aromatic rings. The zero-order valence-electron chi connectivity index (χ0n) is 12.0. The molecule has 0 spiro atoms. The SMILES string of the molecule is CC(C)[C@H](N)C(=O)NCC(=O)NCCCn1cccn1. The Morgan fingerprint density at radius 1 is 1.35 bits per heavy atom. The van der Waals surface area contributed by atoms with Gasteiger partial charge in [-0.3, -0.25) is 14.3 Å². The summed E-state index contributed by atoms with van der Waals surface area (Å²) in [5.41, 5.74) is 5.67. The highest BCUT2D eigenvalue weighted by Crippen LogP contribution is 1.97. The van der Waals surface area contributed by atoms with Crippen molar-refractivity contribution in [1.29, 1.82) is 0 Å². The van der Waals surface area contributed by atoms with Crippen LogP contribution in [0.3, 0.4) is 0 Å². The van der Waals surface area contributed by atoms with Crippen LogP contribution in [-0.4, -0.2) is 40.7 Å². The molecule has 112 valence electrons. The summed E-state index contributed by atoms with van der Waals surface area (Å²) in [5.74, 6) is -0.464. The van der Waals surface area contributed by atoms with Gasteiger partial charge in [0, 0.05) is 25.5 Å². The summed E-state index contributed by atoms with van der Waals surface area (Å²) in [6.45, 7) is 4.98. The van der Waals surface area contributed by atoms with Crippen LogP contribution in [0.2, 0.25) is 0 Å². The first-order valence-electron chi connectivity index (χ1n) is 6.78. The van der Waals surface area contributed by atoms with Crippen LogP contribution in [0.5, 0.6) is 0 Å². The van der Waals surface area contributed by atoms with E-state index in [4.69, 9.17) is 5.73 Å². The molecule has 0 aliphatic carbocycles. The average Bonchev–Trinajstić information content (AvgIpc) is 2.93. The second-order valence-electron chi connectivity index (χ2n) is 4.96. The molecular formula is C13H23N5O2. The molecule has 4 N–H and O–H groups in total. The van der Waals surface area contributed by atoms with Gasteiger partial charge in [-0.25, -0.2) is 0 Å². The fourth-order valence-electron chi connectivity index (χ4n) is 1.55. The van der Waals surface area contributed by atoms with Gasteiger partial charge in [-0.1, -0.05) is 13.8 Å². The monoisotopic (exact) mass is 281 g/mol. The van der Waals surface area contributed by atoms with Crippen LogP contribution in [0.25, 0.3) is 0 Å². The Balaban J connectivity index is 2.10. The van der Waals surface area contributed by atoms with Crippen LogP contribution in [0.1, 0.15) is 20.3 Å². The minimum atomic E-state index is -0.581. The van der Waals surface area contributed by atoms with E-state index in [2.05, 4.69) is 15.7 Å². The van der Waals surface area contributed by atoms with E-state index in [1.54, 1.807) is 10.9 Å². The maximum absolute atomic E-state index is 11.5. The zero-order chi connectivity index (χ0) is 15.0. The number of aryl methyl sites for hydroxylation is 1. The summed E-state index contributed by atoms with van der Waals surface area (Å²) >= 11 is 0. The van der Waals surface area contributed by atoms with Gasteiger partial charge in [0.15, 0.2) is 0 Å². The van der Waals surface area contributed by atoms with Gasteiger partial charge < -0.3 is 16.4 Å². The molecule has 1 rings (SSSR count). The highest BCUT2D eigenvalue weighted by molar-refractivity contribution is 5.87. The summed E-state index contributed by atoms with van der Waals surface area (Å²) in [6, 6.07) is 1.27. The minimum Gasteiger partial charge on any atom is -0.355 e. The van der Waals surface area contributed by atoms with Gasteiger partial charge in [-0.05, 0) is 18.4 Å². The van der Waals surface area contributed by atoms with Crippen molar-refractivity contribution in [2.75, 3.05) is 13.1 Å². The summed E-state index contributed by atoms with van der Waals surface area (Å²) in [7, 11) is 0. The molecule has 1 atom stereocenters. The number of nitrogens with one attached hydrogen (secondary N) is 2. The van der Waals surface area contributed by atoms with E-state index in [9.17, 15) is 9.59 Å². The third kappa shape index (κ3) is 5.83. The maximum atomic E-state index is 11.5. The van der Waals surface area contributed by atoms with Crippen LogP contribution in [0.15, 0.2) is 18.5 Å². The number of hydrogen-bond donors (Lipinski definition) is 3. The lowest BCUT2D eigenvalue weighted by Crippen LogP contribution is -2.47. The first kappa shape index (κ1) is 16.2. The maximum Gasteiger partial charge on any atom is 0.239 e. The molecule has 0 bridgehead atoms. The number of nitrogens with zero attached hydrogens (tertiary/aromatic N) is 2. The number of carbonyl (C=O) groups excluding carboxylic acids is 2. The third-order valence-corrected chi connectivity index (χ3v) is 2.89. The molecular weight excluding hydrogens is 258 g/mol. The standard InChI is InChI=1S/C13H23N5O2/c1-10(2)12(14)13(20)16-9-11(19)15-5-3-7-18-8-4-6-17-18/h4,6,8,10,12H,3,5,7,9,14H2,1-2H3,(H,15,19)(H,16,20)/t12-/m0/s1. The molecule has 7 heteroatoms. The lowest BCUT2D eigenvalue weighted by molar-refractivity contribution is -0.127. The minimum absolute atomic E-state index is 0.0407. The first-order valence-corrected chi connectivity index (χ1v) is 6.78. The van der Waals surface area contributed by atoms with Gasteiger partial charge in [-0.15, -0.1) is 0 Å². The molecule has 0 aliphatic heterocycles. The Hall–Kier alpha value is -1.89. The number of carbonyl (C=O) groups is 2. The van der Waals surface area contributed by atoms with Crippen molar-refractivity contribution in [3.63, 3.8) is 0 Å². The van der Waals surface area contributed by atoms with Gasteiger partial charge in [0.25, 0.3) is 0 Å². The van der Waals surface area contributed by atoms with Crippen molar-refractivity contribution in [2.24, 2.45) is 11.7 Å². The largest absolute Gasteiger partial charge is 0.355 e. The second-order valence-corrected chi connectivity index (χ2v) is 4.96. The molecule has 0 fully saturated rings.